The van der Waals surface area contributed by atoms with Crippen LogP contribution in [0.2, 0.25) is 3.63 Å². The Kier molecular flexibility index (Phi) is 10.5. The van der Waals surface area contributed by atoms with Crippen molar-refractivity contribution in [3.63, 3.8) is 0 Å². The third kappa shape index (κ3) is 4.94. The van der Waals surface area contributed by atoms with Gasteiger partial charge in [0, 0.05) is 0 Å². The minimum atomic E-state index is -3.10. The molecule has 0 spiro atoms. The van der Waals surface area contributed by atoms with Crippen molar-refractivity contribution in [2.45, 2.75) is 86.7 Å². The topological polar surface area (TPSA) is 0 Å². The third-order valence-corrected chi connectivity index (χ3v) is 27.2. The molecule has 0 N–H and O–H groups in total. The largest absolute Gasteiger partial charge is 1.00 e. The fourth-order valence-corrected chi connectivity index (χ4v) is 25.6. The van der Waals surface area contributed by atoms with Crippen LogP contribution in [0.3, 0.4) is 0 Å². The van der Waals surface area contributed by atoms with E-state index in [-0.39, 0.29) is 68.1 Å². The van der Waals surface area contributed by atoms with E-state index in [0.29, 0.717) is 15.5 Å². The Morgan fingerprint density at radius 2 is 1.11 bits per heavy atom. The average molecular weight is 849 g/mol. The van der Waals surface area contributed by atoms with Gasteiger partial charge in [0.25, 0.3) is 0 Å². The molecule has 55 heavy (non-hydrogen) atoms. The molecule has 0 saturated heterocycles. The van der Waals surface area contributed by atoms with Crippen LogP contribution in [0.1, 0.15) is 94.2 Å². The molecule has 10 unspecified atom stereocenters. The summed E-state index contributed by atoms with van der Waals surface area (Å²) in [7, 11) is 0. The van der Waals surface area contributed by atoms with Crippen molar-refractivity contribution in [2.24, 2.45) is 55.2 Å². The second kappa shape index (κ2) is 13.6. The summed E-state index contributed by atoms with van der Waals surface area (Å²) in [5.74, 6) is 0.805. The third-order valence-electron chi connectivity index (χ3n) is 17.6. The summed E-state index contributed by atoms with van der Waals surface area (Å²) in [6, 6.07) is 23.2. The fourth-order valence-electron chi connectivity index (χ4n) is 13.9. The van der Waals surface area contributed by atoms with Crippen molar-refractivity contribution in [1.29, 1.82) is 0 Å². The molecule has 0 heterocycles. The first-order valence-corrected chi connectivity index (χ1v) is 24.2. The van der Waals surface area contributed by atoms with Gasteiger partial charge >= 0.3 is 332 Å². The number of fused-ring (bicyclic) bond motifs is 8. The zero-order valence-electron chi connectivity index (χ0n) is 35.3. The summed E-state index contributed by atoms with van der Waals surface area (Å²) in [5.41, 5.74) is 5.23. The summed E-state index contributed by atoms with van der Waals surface area (Å²) >= 11 is -3.10. The van der Waals surface area contributed by atoms with Crippen LogP contribution in [0.4, 0.5) is 0 Å². The second-order valence-electron chi connectivity index (χ2n) is 19.8. The van der Waals surface area contributed by atoms with Gasteiger partial charge in [0.1, 0.15) is 0 Å². The molecule has 2 saturated carbocycles. The minimum Gasteiger partial charge on any atom is -1.00 e. The van der Waals surface area contributed by atoms with E-state index in [1.165, 1.54) is 16.7 Å². The van der Waals surface area contributed by atoms with Gasteiger partial charge < -0.3 is 24.8 Å². The number of benzene rings is 2. The first-order chi connectivity index (χ1) is 24.9. The standard InChI is InChI=1S/C29H37.C13H10.C10H15.2ClH.Zr/c1-21-14-13-15-22-20-27(6)25(4)18-10-9-16-23(25,2)24(3)17-11-12-19-26(24,5)29(27,8)28(21,22)7;1-3-7-12(8-4-1)11-13-9-5-2-6-10-13;1-8-5-6-9(7-8)10(2,3)4;;;/h9-20,22H,1-8H3;1-10H;6-8H,1-4H3;2*1H;/q;;;;;+2/p-2. The van der Waals surface area contributed by atoms with E-state index in [0.717, 1.165) is 0 Å². The van der Waals surface area contributed by atoms with Crippen LogP contribution in [0.15, 0.2) is 154 Å². The Labute approximate surface area is 353 Å². The Bertz CT molecular complexity index is 2110. The van der Waals surface area contributed by atoms with Gasteiger partial charge in [-0.3, -0.25) is 0 Å². The number of halogens is 2. The Morgan fingerprint density at radius 1 is 0.636 bits per heavy atom. The average Bonchev–Trinajstić information content (AvgIpc) is 3.60. The maximum absolute atomic E-state index is 3.10. The maximum atomic E-state index is 2.83. The first-order valence-electron chi connectivity index (χ1n) is 20.3. The zero-order valence-corrected chi connectivity index (χ0v) is 39.2. The van der Waals surface area contributed by atoms with E-state index in [1.807, 2.05) is 0 Å². The summed E-state index contributed by atoms with van der Waals surface area (Å²) in [6.45, 7) is 31.2. The molecule has 0 nitrogen and oxygen atoms in total. The van der Waals surface area contributed by atoms with Gasteiger partial charge in [-0.1, -0.05) is 0 Å². The van der Waals surface area contributed by atoms with Gasteiger partial charge in [-0.05, 0) is 0 Å². The molecule has 6 aliphatic carbocycles. The predicted molar refractivity (Wildman–Crippen MR) is 224 cm³/mol. The molecule has 0 radical (unpaired) electrons. The Hall–Kier alpha value is -2.31. The molecule has 0 aromatic heterocycles. The van der Waals surface area contributed by atoms with E-state index in [9.17, 15) is 0 Å². The van der Waals surface area contributed by atoms with Gasteiger partial charge in [0.15, 0.2) is 0 Å². The monoisotopic (exact) mass is 846 g/mol. The van der Waals surface area contributed by atoms with Crippen molar-refractivity contribution in [2.75, 3.05) is 0 Å². The van der Waals surface area contributed by atoms with E-state index < -0.39 is 21.3 Å². The van der Waals surface area contributed by atoms with Crippen molar-refractivity contribution < 1.29 is 46.1 Å². The molecule has 2 fully saturated rings. The van der Waals surface area contributed by atoms with Gasteiger partial charge in [0.05, 0.1) is 0 Å². The molecule has 6 aliphatic rings. The normalized spacial score (nSPS) is 40.2. The van der Waals surface area contributed by atoms with Crippen LogP contribution in [0, 0.1) is 55.2 Å². The van der Waals surface area contributed by atoms with Gasteiger partial charge in [-0.15, -0.1) is 0 Å². The SMILES string of the molecule is CC1=CC=CC2[CH]([Zr+2]([C]3=CC(C(C)(C)C)=CC3C)=[C](c3ccccc3)c3ccccc3)C3(C)C4(C)C=CC=CC4(C)C4(C)C=CC=CC4(C)C3(C)C12C.[Cl-].[Cl-]. The zero-order chi connectivity index (χ0) is 38.0. The van der Waals surface area contributed by atoms with Gasteiger partial charge in [-0.2, -0.15) is 0 Å². The minimum absolute atomic E-state index is 0. The van der Waals surface area contributed by atoms with Gasteiger partial charge in [0.2, 0.25) is 0 Å². The van der Waals surface area contributed by atoms with E-state index in [2.05, 4.69) is 223 Å². The number of allylic oxidation sites excluding steroid dienone is 16. The smallest absolute Gasteiger partial charge is 1.00 e. The van der Waals surface area contributed by atoms with E-state index in [1.54, 1.807) is 12.1 Å². The summed E-state index contributed by atoms with van der Waals surface area (Å²) < 4.78 is 3.92. The maximum Gasteiger partial charge on any atom is -1.00 e. The first kappa shape index (κ1) is 42.3. The summed E-state index contributed by atoms with van der Waals surface area (Å²) in [6.07, 6.45) is 33.2. The molecule has 0 amide bonds. The van der Waals surface area contributed by atoms with E-state index >= 15 is 0 Å². The van der Waals surface area contributed by atoms with Crippen LogP contribution < -0.4 is 24.8 Å². The van der Waals surface area contributed by atoms with E-state index in [4.69, 9.17) is 0 Å². The van der Waals surface area contributed by atoms with Crippen molar-refractivity contribution in [3.05, 3.63) is 165 Å². The van der Waals surface area contributed by atoms with Crippen LogP contribution in [0.5, 0.6) is 0 Å². The molecule has 0 aliphatic heterocycles. The van der Waals surface area contributed by atoms with Crippen LogP contribution in [-0.4, -0.2) is 3.21 Å². The molecule has 10 atom stereocenters. The summed E-state index contributed by atoms with van der Waals surface area (Å²) in [5, 5.41) is 0. The molecule has 0 bridgehead atoms. The second-order valence-corrected chi connectivity index (χ2v) is 26.0. The van der Waals surface area contributed by atoms with Crippen LogP contribution in [-0.2, 0) is 21.3 Å². The molecular formula is C52H62Cl2Zr. The Balaban J connectivity index is 0.00000257. The van der Waals surface area contributed by atoms with Crippen LogP contribution >= 0.6 is 0 Å². The quantitative estimate of drug-likeness (QED) is 0.297. The van der Waals surface area contributed by atoms with Crippen LogP contribution in [0.25, 0.3) is 0 Å². The molecule has 3 heteroatoms. The van der Waals surface area contributed by atoms with Crippen molar-refractivity contribution >= 4 is 3.21 Å². The molecule has 8 rings (SSSR count). The predicted octanol–water partition coefficient (Wildman–Crippen LogP) is 7.63. The number of hydrogen-bond acceptors (Lipinski definition) is 0. The number of rotatable bonds is 4. The summed E-state index contributed by atoms with van der Waals surface area (Å²) in [4.78, 5) is 0. The molecule has 2 aromatic carbocycles. The molecule has 2 aromatic rings. The van der Waals surface area contributed by atoms with Crippen molar-refractivity contribution in [3.8, 4) is 0 Å². The van der Waals surface area contributed by atoms with Crippen molar-refractivity contribution in [1.82, 2.24) is 0 Å². The van der Waals surface area contributed by atoms with Gasteiger partial charge in [-0.25, -0.2) is 0 Å². The molecular weight excluding hydrogens is 787 g/mol. The fraction of sp³-hybridized carbons (Fsp3) is 0.442. The Morgan fingerprint density at radius 3 is 1.60 bits per heavy atom. The number of hydrogen-bond donors (Lipinski definition) is 0. The molecule has 288 valence electrons.